The van der Waals surface area contributed by atoms with E-state index in [1.54, 1.807) is 0 Å². The highest BCUT2D eigenvalue weighted by Crippen LogP contribution is 2.36. The van der Waals surface area contributed by atoms with Crippen molar-refractivity contribution < 1.29 is 27.8 Å². The van der Waals surface area contributed by atoms with Gasteiger partial charge in [-0.05, 0) is 30.3 Å². The third-order valence-electron chi connectivity index (χ3n) is 3.44. The second-order valence-corrected chi connectivity index (χ2v) is 5.67. The predicted octanol–water partition coefficient (Wildman–Crippen LogP) is 3.97. The lowest BCUT2D eigenvalue weighted by molar-refractivity contribution is -0.274. The summed E-state index contributed by atoms with van der Waals surface area (Å²) in [5.74, 6) is -1.88. The number of hydrogen-bond donors (Lipinski definition) is 3. The van der Waals surface area contributed by atoms with Crippen molar-refractivity contribution in [3.8, 4) is 28.4 Å². The summed E-state index contributed by atoms with van der Waals surface area (Å²) in [5, 5.41) is 9.49. The molecule has 1 aromatic carbocycles. The fourth-order valence-corrected chi connectivity index (χ4v) is 2.60. The van der Waals surface area contributed by atoms with E-state index in [4.69, 9.17) is 17.3 Å². The Morgan fingerprint density at radius 3 is 2.63 bits per heavy atom. The molecule has 0 aliphatic heterocycles. The number of nitrogen functional groups attached to an aromatic ring is 1. The Hall–Kier alpha value is -3.27. The molecule has 27 heavy (non-hydrogen) atoms. The van der Waals surface area contributed by atoms with E-state index in [1.807, 2.05) is 0 Å². The first-order valence-corrected chi connectivity index (χ1v) is 7.62. The quantitative estimate of drug-likeness (QED) is 0.612. The van der Waals surface area contributed by atoms with Gasteiger partial charge < -0.3 is 20.6 Å². The maximum atomic E-state index is 12.5. The third kappa shape index (κ3) is 4.11. The van der Waals surface area contributed by atoms with E-state index in [0.717, 1.165) is 12.1 Å². The Morgan fingerprint density at radius 1 is 1.26 bits per heavy atom. The second-order valence-electron chi connectivity index (χ2n) is 5.27. The number of halogens is 4. The first-order chi connectivity index (χ1) is 12.6. The number of rotatable bonds is 4. The molecule has 0 saturated heterocycles. The Morgan fingerprint density at radius 2 is 2.00 bits per heavy atom. The summed E-state index contributed by atoms with van der Waals surface area (Å²) in [7, 11) is 0. The molecular formula is C16H10ClF3N4O3. The van der Waals surface area contributed by atoms with Gasteiger partial charge in [0.25, 0.3) is 0 Å². The van der Waals surface area contributed by atoms with Crippen LogP contribution in [0.5, 0.6) is 5.75 Å². The van der Waals surface area contributed by atoms with E-state index < -0.39 is 18.1 Å². The van der Waals surface area contributed by atoms with Crippen molar-refractivity contribution in [3.63, 3.8) is 0 Å². The zero-order valence-electron chi connectivity index (χ0n) is 13.2. The molecule has 3 rings (SSSR count). The molecule has 0 saturated carbocycles. The number of ether oxygens (including phenoxy) is 1. The van der Waals surface area contributed by atoms with Crippen molar-refractivity contribution in [1.29, 1.82) is 0 Å². The molecule has 3 aromatic rings. The van der Waals surface area contributed by atoms with E-state index in [0.29, 0.717) is 5.69 Å². The van der Waals surface area contributed by atoms with Gasteiger partial charge in [-0.3, -0.25) is 0 Å². The van der Waals surface area contributed by atoms with Gasteiger partial charge in [-0.2, -0.15) is 0 Å². The average Bonchev–Trinajstić information content (AvgIpc) is 3.01. The molecule has 0 fully saturated rings. The molecule has 0 unspecified atom stereocenters. The molecule has 0 bridgehead atoms. The van der Waals surface area contributed by atoms with Gasteiger partial charge in [-0.1, -0.05) is 11.6 Å². The maximum Gasteiger partial charge on any atom is 0.573 e. The number of alkyl halides is 3. The zero-order valence-corrected chi connectivity index (χ0v) is 14.0. The van der Waals surface area contributed by atoms with Gasteiger partial charge in [0.2, 0.25) is 5.95 Å². The van der Waals surface area contributed by atoms with Gasteiger partial charge in [0.05, 0.1) is 27.7 Å². The summed E-state index contributed by atoms with van der Waals surface area (Å²) in [5.41, 5.74) is 5.89. The summed E-state index contributed by atoms with van der Waals surface area (Å²) in [6.07, 6.45) is -3.52. The van der Waals surface area contributed by atoms with Crippen LogP contribution in [0.3, 0.4) is 0 Å². The van der Waals surface area contributed by atoms with Gasteiger partial charge in [0, 0.05) is 11.8 Å². The van der Waals surface area contributed by atoms with Crippen LogP contribution in [-0.4, -0.2) is 32.4 Å². The van der Waals surface area contributed by atoms with Crippen LogP contribution >= 0.6 is 11.6 Å². The molecule has 0 aliphatic rings. The Labute approximate surface area is 154 Å². The summed E-state index contributed by atoms with van der Waals surface area (Å²) >= 11 is 6.06. The fraction of sp³-hybridized carbons (Fsp3) is 0.0625. The number of carboxylic acids is 1. The minimum Gasteiger partial charge on any atom is -0.478 e. The van der Waals surface area contributed by atoms with Crippen molar-refractivity contribution in [1.82, 2.24) is 15.0 Å². The lowest BCUT2D eigenvalue weighted by Gasteiger charge is -2.11. The molecule has 11 heteroatoms. The van der Waals surface area contributed by atoms with Crippen molar-refractivity contribution in [3.05, 3.63) is 47.1 Å². The number of benzene rings is 1. The van der Waals surface area contributed by atoms with Crippen molar-refractivity contribution in [2.45, 2.75) is 6.36 Å². The highest BCUT2D eigenvalue weighted by molar-refractivity contribution is 6.33. The molecule has 0 amide bonds. The average molecular weight is 399 g/mol. The molecule has 2 aromatic heterocycles. The highest BCUT2D eigenvalue weighted by atomic mass is 35.5. The Kier molecular flexibility index (Phi) is 4.66. The van der Waals surface area contributed by atoms with Crippen molar-refractivity contribution in [2.75, 3.05) is 5.73 Å². The number of carboxylic acid groups (broad SMARTS) is 1. The third-order valence-corrected chi connectivity index (χ3v) is 3.77. The molecule has 140 valence electrons. The van der Waals surface area contributed by atoms with Crippen LogP contribution in [0.15, 0.2) is 36.5 Å². The number of nitrogens with one attached hydrogen (secondary N) is 1. The first-order valence-electron chi connectivity index (χ1n) is 7.25. The summed E-state index contributed by atoms with van der Waals surface area (Å²) in [6, 6.07) is 5.95. The minimum atomic E-state index is -4.90. The summed E-state index contributed by atoms with van der Waals surface area (Å²) in [6.45, 7) is 0. The van der Waals surface area contributed by atoms with Gasteiger partial charge >= 0.3 is 12.3 Å². The smallest absolute Gasteiger partial charge is 0.478 e. The van der Waals surface area contributed by atoms with Crippen LogP contribution in [0, 0.1) is 0 Å². The predicted molar refractivity (Wildman–Crippen MR) is 90.3 cm³/mol. The van der Waals surface area contributed by atoms with Crippen LogP contribution in [-0.2, 0) is 0 Å². The van der Waals surface area contributed by atoms with E-state index in [9.17, 15) is 23.1 Å². The lowest BCUT2D eigenvalue weighted by Crippen LogP contribution is -2.17. The normalized spacial score (nSPS) is 11.4. The van der Waals surface area contributed by atoms with Gasteiger partial charge in [0.1, 0.15) is 5.75 Å². The molecule has 7 nitrogen and oxygen atoms in total. The number of aromatic nitrogens is 3. The highest BCUT2D eigenvalue weighted by Gasteiger charge is 2.31. The van der Waals surface area contributed by atoms with Crippen molar-refractivity contribution >= 4 is 23.5 Å². The van der Waals surface area contributed by atoms with E-state index in [-0.39, 0.29) is 33.5 Å². The zero-order chi connectivity index (χ0) is 19.8. The summed E-state index contributed by atoms with van der Waals surface area (Å²) in [4.78, 5) is 22.1. The molecule has 0 spiro atoms. The number of H-pyrrole nitrogens is 1. The number of anilines is 1. The topological polar surface area (TPSA) is 114 Å². The van der Waals surface area contributed by atoms with E-state index in [1.165, 1.54) is 24.4 Å². The first kappa shape index (κ1) is 18.5. The second kappa shape index (κ2) is 6.80. The standard InChI is InChI=1S/C16H10ClF3N4O3/c17-10-2-1-7(27-16(18,19)20)5-8(10)13-9(14(25)26)6-12(23-13)11-3-4-22-15(21)24-11/h1-6,23H,(H,25,26)(H2,21,22,24). The number of aromatic amines is 1. The van der Waals surface area contributed by atoms with Gasteiger partial charge in [-0.25, -0.2) is 14.8 Å². The molecule has 0 radical (unpaired) electrons. The maximum absolute atomic E-state index is 12.5. The molecule has 0 aliphatic carbocycles. The SMILES string of the molecule is Nc1nccc(-c2cc(C(=O)O)c(-c3cc(OC(F)(F)F)ccc3Cl)[nH]2)n1. The Bertz CT molecular complexity index is 1020. The summed E-state index contributed by atoms with van der Waals surface area (Å²) < 4.78 is 41.3. The fourth-order valence-electron chi connectivity index (χ4n) is 2.39. The van der Waals surface area contributed by atoms with E-state index >= 15 is 0 Å². The van der Waals surface area contributed by atoms with Crippen LogP contribution in [0.4, 0.5) is 19.1 Å². The molecule has 0 atom stereocenters. The van der Waals surface area contributed by atoms with E-state index in [2.05, 4.69) is 19.7 Å². The number of nitrogens with two attached hydrogens (primary N) is 1. The number of carbonyl (C=O) groups is 1. The number of nitrogens with zero attached hydrogens (tertiary/aromatic N) is 2. The monoisotopic (exact) mass is 398 g/mol. The number of hydrogen-bond acceptors (Lipinski definition) is 5. The van der Waals surface area contributed by atoms with Crippen LogP contribution in [0.25, 0.3) is 22.6 Å². The van der Waals surface area contributed by atoms with Crippen LogP contribution < -0.4 is 10.5 Å². The van der Waals surface area contributed by atoms with Crippen LogP contribution in [0.1, 0.15) is 10.4 Å². The largest absolute Gasteiger partial charge is 0.573 e. The van der Waals surface area contributed by atoms with Crippen molar-refractivity contribution in [2.24, 2.45) is 0 Å². The van der Waals surface area contributed by atoms with Crippen LogP contribution in [0.2, 0.25) is 5.02 Å². The minimum absolute atomic E-state index is 0.00712. The van der Waals surface area contributed by atoms with Gasteiger partial charge in [-0.15, -0.1) is 13.2 Å². The molecule has 2 heterocycles. The van der Waals surface area contributed by atoms with Gasteiger partial charge in [0.15, 0.2) is 0 Å². The molecular weight excluding hydrogens is 389 g/mol. The Balaban J connectivity index is 2.13. The number of aromatic carboxylic acids is 1. The molecule has 4 N–H and O–H groups in total. The lowest BCUT2D eigenvalue weighted by atomic mass is 10.1.